The molecule has 0 atom stereocenters. The summed E-state index contributed by atoms with van der Waals surface area (Å²) in [7, 11) is 0. The summed E-state index contributed by atoms with van der Waals surface area (Å²) in [6, 6.07) is 20.7. The number of fused-ring (bicyclic) bond motifs is 1. The number of anilines is 2. The highest BCUT2D eigenvalue weighted by Crippen LogP contribution is 2.30. The van der Waals surface area contributed by atoms with Gasteiger partial charge in [0.1, 0.15) is 5.82 Å². The van der Waals surface area contributed by atoms with Crippen LogP contribution in [-0.4, -0.2) is 14.6 Å². The van der Waals surface area contributed by atoms with E-state index in [4.69, 9.17) is 4.98 Å². The quantitative estimate of drug-likeness (QED) is 0.508. The number of aromatic nitrogens is 3. The molecule has 4 heteroatoms. The predicted molar refractivity (Wildman–Crippen MR) is 112 cm³/mol. The molecule has 0 saturated heterocycles. The molecule has 2 aromatic carbocycles. The number of rotatable bonds is 3. The van der Waals surface area contributed by atoms with E-state index in [-0.39, 0.29) is 5.41 Å². The second kappa shape index (κ2) is 6.54. The van der Waals surface area contributed by atoms with Gasteiger partial charge >= 0.3 is 0 Å². The molecule has 0 spiro atoms. The van der Waals surface area contributed by atoms with Gasteiger partial charge in [0, 0.05) is 22.7 Å². The Bertz CT molecular complexity index is 1070. The third kappa shape index (κ3) is 3.43. The van der Waals surface area contributed by atoms with Gasteiger partial charge in [-0.2, -0.15) is 9.61 Å². The van der Waals surface area contributed by atoms with Gasteiger partial charge in [0.25, 0.3) is 0 Å². The van der Waals surface area contributed by atoms with Gasteiger partial charge in [0.15, 0.2) is 5.65 Å². The minimum Gasteiger partial charge on any atom is -0.340 e. The molecular weight excluding hydrogens is 332 g/mol. The molecule has 27 heavy (non-hydrogen) atoms. The standard InChI is InChI=1S/C23H24N4/c1-16-10-12-18(13-11-16)25-21-14-20(23(2,3)4)26-22-19(15-24-27(21)22)17-8-6-5-7-9-17/h5-15,25H,1-4H3. The van der Waals surface area contributed by atoms with Gasteiger partial charge in [-0.15, -0.1) is 0 Å². The Morgan fingerprint density at radius 3 is 2.30 bits per heavy atom. The fourth-order valence-electron chi connectivity index (χ4n) is 3.04. The van der Waals surface area contributed by atoms with Gasteiger partial charge in [0.05, 0.1) is 11.9 Å². The third-order valence-electron chi connectivity index (χ3n) is 4.65. The first-order valence-corrected chi connectivity index (χ1v) is 9.20. The van der Waals surface area contributed by atoms with Crippen molar-refractivity contribution in [2.24, 2.45) is 0 Å². The SMILES string of the molecule is Cc1ccc(Nc2cc(C(C)(C)C)nc3c(-c4ccccc4)cnn23)cc1. The maximum absolute atomic E-state index is 4.96. The van der Waals surface area contributed by atoms with Crippen LogP contribution in [0.1, 0.15) is 32.0 Å². The van der Waals surface area contributed by atoms with Crippen molar-refractivity contribution < 1.29 is 0 Å². The van der Waals surface area contributed by atoms with Crippen LogP contribution in [0.25, 0.3) is 16.8 Å². The van der Waals surface area contributed by atoms with Gasteiger partial charge in [0.2, 0.25) is 0 Å². The van der Waals surface area contributed by atoms with E-state index in [1.54, 1.807) is 0 Å². The average Bonchev–Trinajstić information content (AvgIpc) is 3.08. The Labute approximate surface area is 159 Å². The largest absolute Gasteiger partial charge is 0.340 e. The van der Waals surface area contributed by atoms with E-state index >= 15 is 0 Å². The van der Waals surface area contributed by atoms with Gasteiger partial charge in [-0.25, -0.2) is 4.98 Å². The third-order valence-corrected chi connectivity index (χ3v) is 4.65. The molecule has 0 aliphatic carbocycles. The van der Waals surface area contributed by atoms with Crippen molar-refractivity contribution in [3.05, 3.63) is 78.1 Å². The number of nitrogens with zero attached hydrogens (tertiary/aromatic N) is 3. The minimum absolute atomic E-state index is 0.0658. The smallest absolute Gasteiger partial charge is 0.165 e. The lowest BCUT2D eigenvalue weighted by molar-refractivity contribution is 0.569. The number of benzene rings is 2. The number of nitrogens with one attached hydrogen (secondary N) is 1. The summed E-state index contributed by atoms with van der Waals surface area (Å²) in [6.45, 7) is 8.63. The molecule has 0 fully saturated rings. The van der Waals surface area contributed by atoms with E-state index < -0.39 is 0 Å². The van der Waals surface area contributed by atoms with Crippen LogP contribution in [0.2, 0.25) is 0 Å². The molecule has 0 aliphatic heterocycles. The van der Waals surface area contributed by atoms with Crippen LogP contribution in [0.5, 0.6) is 0 Å². The molecule has 0 radical (unpaired) electrons. The monoisotopic (exact) mass is 356 g/mol. The van der Waals surface area contributed by atoms with Crippen LogP contribution in [0.3, 0.4) is 0 Å². The van der Waals surface area contributed by atoms with Crippen LogP contribution < -0.4 is 5.32 Å². The summed E-state index contributed by atoms with van der Waals surface area (Å²) >= 11 is 0. The lowest BCUT2D eigenvalue weighted by atomic mass is 9.92. The highest BCUT2D eigenvalue weighted by Gasteiger charge is 2.20. The normalized spacial score (nSPS) is 11.7. The molecule has 4 rings (SSSR count). The molecule has 4 nitrogen and oxygen atoms in total. The van der Waals surface area contributed by atoms with Crippen molar-refractivity contribution in [3.63, 3.8) is 0 Å². The molecule has 136 valence electrons. The van der Waals surface area contributed by atoms with E-state index in [1.807, 2.05) is 28.9 Å². The summed E-state index contributed by atoms with van der Waals surface area (Å²) in [5, 5.41) is 8.14. The van der Waals surface area contributed by atoms with Crippen molar-refractivity contribution in [2.75, 3.05) is 5.32 Å². The lowest BCUT2D eigenvalue weighted by Gasteiger charge is -2.20. The molecule has 0 unspecified atom stereocenters. The molecule has 0 amide bonds. The number of hydrogen-bond donors (Lipinski definition) is 1. The second-order valence-electron chi connectivity index (χ2n) is 7.93. The maximum Gasteiger partial charge on any atom is 0.165 e. The molecule has 2 heterocycles. The van der Waals surface area contributed by atoms with Gasteiger partial charge in [-0.3, -0.25) is 0 Å². The number of hydrogen-bond acceptors (Lipinski definition) is 3. The van der Waals surface area contributed by atoms with E-state index in [0.717, 1.165) is 34.0 Å². The van der Waals surface area contributed by atoms with Crippen molar-refractivity contribution in [3.8, 4) is 11.1 Å². The fraction of sp³-hybridized carbons (Fsp3) is 0.217. The maximum atomic E-state index is 4.96. The topological polar surface area (TPSA) is 42.2 Å². The predicted octanol–water partition coefficient (Wildman–Crippen LogP) is 5.75. The van der Waals surface area contributed by atoms with Crippen molar-refractivity contribution in [1.29, 1.82) is 0 Å². The molecule has 0 saturated carbocycles. The summed E-state index contributed by atoms with van der Waals surface area (Å²) < 4.78 is 1.89. The Hall–Kier alpha value is -3.14. The summed E-state index contributed by atoms with van der Waals surface area (Å²) in [5.74, 6) is 0.913. The summed E-state index contributed by atoms with van der Waals surface area (Å²) in [5.41, 5.74) is 6.25. The molecular formula is C23H24N4. The van der Waals surface area contributed by atoms with Crippen LogP contribution in [-0.2, 0) is 5.41 Å². The van der Waals surface area contributed by atoms with Crippen LogP contribution in [0.4, 0.5) is 11.5 Å². The van der Waals surface area contributed by atoms with Crippen LogP contribution in [0.15, 0.2) is 66.9 Å². The van der Waals surface area contributed by atoms with E-state index in [9.17, 15) is 0 Å². The Kier molecular flexibility index (Phi) is 4.19. The van der Waals surface area contributed by atoms with Crippen molar-refractivity contribution in [2.45, 2.75) is 33.1 Å². The van der Waals surface area contributed by atoms with Crippen LogP contribution in [0, 0.1) is 6.92 Å². The van der Waals surface area contributed by atoms with Crippen molar-refractivity contribution in [1.82, 2.24) is 14.6 Å². The zero-order valence-corrected chi connectivity index (χ0v) is 16.2. The lowest BCUT2D eigenvalue weighted by Crippen LogP contribution is -2.16. The fourth-order valence-corrected chi connectivity index (χ4v) is 3.04. The molecule has 4 aromatic rings. The zero-order valence-electron chi connectivity index (χ0n) is 16.2. The van der Waals surface area contributed by atoms with Gasteiger partial charge in [-0.05, 0) is 24.6 Å². The van der Waals surface area contributed by atoms with Gasteiger partial charge < -0.3 is 5.32 Å². The van der Waals surface area contributed by atoms with Gasteiger partial charge in [-0.1, -0.05) is 68.8 Å². The Morgan fingerprint density at radius 1 is 0.926 bits per heavy atom. The summed E-state index contributed by atoms with van der Waals surface area (Å²) in [6.07, 6.45) is 1.89. The Morgan fingerprint density at radius 2 is 1.63 bits per heavy atom. The first-order valence-electron chi connectivity index (χ1n) is 9.20. The summed E-state index contributed by atoms with van der Waals surface area (Å²) in [4.78, 5) is 4.96. The average molecular weight is 356 g/mol. The highest BCUT2D eigenvalue weighted by molar-refractivity contribution is 5.78. The van der Waals surface area contributed by atoms with E-state index in [0.29, 0.717) is 0 Å². The highest BCUT2D eigenvalue weighted by atomic mass is 15.3. The van der Waals surface area contributed by atoms with Crippen molar-refractivity contribution >= 4 is 17.2 Å². The Balaban J connectivity index is 1.89. The zero-order chi connectivity index (χ0) is 19.0. The molecule has 1 N–H and O–H groups in total. The van der Waals surface area contributed by atoms with E-state index in [1.165, 1.54) is 5.56 Å². The van der Waals surface area contributed by atoms with E-state index in [2.05, 4.69) is 80.6 Å². The molecule has 0 bridgehead atoms. The second-order valence-corrected chi connectivity index (χ2v) is 7.93. The van der Waals surface area contributed by atoms with Crippen LogP contribution >= 0.6 is 0 Å². The first-order chi connectivity index (χ1) is 12.9. The molecule has 2 aromatic heterocycles. The number of aryl methyl sites for hydroxylation is 1. The first kappa shape index (κ1) is 17.3. The molecule has 0 aliphatic rings. The minimum atomic E-state index is -0.0658.